The Morgan fingerprint density at radius 2 is 2.07 bits per heavy atom. The standard InChI is InChI=1S/C18H16Cl2N6O/c19-11-2-1-3-13(6-11)25-18(27)15-9-21-4-5-26(15)17-16-14(23-10-24-17)7-12(20)8-22-16/h1-3,6-8,10,15,21H,4-5,9H2,(H,25,27). The molecule has 1 aromatic carbocycles. The van der Waals surface area contributed by atoms with Gasteiger partial charge in [-0.15, -0.1) is 0 Å². The largest absolute Gasteiger partial charge is 0.340 e. The van der Waals surface area contributed by atoms with Crippen molar-refractivity contribution in [3.05, 3.63) is 52.9 Å². The minimum atomic E-state index is -0.451. The maximum absolute atomic E-state index is 12.9. The number of benzene rings is 1. The molecule has 2 aromatic heterocycles. The van der Waals surface area contributed by atoms with Crippen molar-refractivity contribution in [3.63, 3.8) is 0 Å². The molecule has 1 aliphatic heterocycles. The van der Waals surface area contributed by atoms with Gasteiger partial charge >= 0.3 is 0 Å². The average molecular weight is 403 g/mol. The van der Waals surface area contributed by atoms with Crippen LogP contribution in [-0.2, 0) is 4.79 Å². The monoisotopic (exact) mass is 402 g/mol. The Morgan fingerprint density at radius 1 is 1.19 bits per heavy atom. The van der Waals surface area contributed by atoms with Crippen molar-refractivity contribution < 1.29 is 4.79 Å². The van der Waals surface area contributed by atoms with E-state index in [-0.39, 0.29) is 5.91 Å². The second-order valence-electron chi connectivity index (χ2n) is 6.13. The van der Waals surface area contributed by atoms with Gasteiger partial charge in [-0.25, -0.2) is 15.0 Å². The number of nitrogens with zero attached hydrogens (tertiary/aromatic N) is 4. The van der Waals surface area contributed by atoms with E-state index in [1.165, 1.54) is 6.33 Å². The fourth-order valence-electron chi connectivity index (χ4n) is 3.10. The lowest BCUT2D eigenvalue weighted by atomic mass is 10.1. The molecule has 27 heavy (non-hydrogen) atoms. The first-order valence-corrected chi connectivity index (χ1v) is 9.17. The Balaban J connectivity index is 1.66. The summed E-state index contributed by atoms with van der Waals surface area (Å²) >= 11 is 12.0. The second kappa shape index (κ2) is 7.64. The lowest BCUT2D eigenvalue weighted by molar-refractivity contribution is -0.117. The van der Waals surface area contributed by atoms with E-state index in [0.29, 0.717) is 45.7 Å². The number of pyridine rings is 1. The van der Waals surface area contributed by atoms with Crippen molar-refractivity contribution >= 4 is 51.6 Å². The van der Waals surface area contributed by atoms with Gasteiger partial charge in [0, 0.05) is 36.5 Å². The number of halogens is 2. The number of fused-ring (bicyclic) bond motifs is 1. The van der Waals surface area contributed by atoms with E-state index in [9.17, 15) is 4.79 Å². The predicted octanol–water partition coefficient (Wildman–Crippen LogP) is 2.75. The van der Waals surface area contributed by atoms with Gasteiger partial charge in [-0.1, -0.05) is 29.3 Å². The van der Waals surface area contributed by atoms with Gasteiger partial charge < -0.3 is 15.5 Å². The summed E-state index contributed by atoms with van der Waals surface area (Å²) in [5, 5.41) is 7.24. The average Bonchev–Trinajstić information content (AvgIpc) is 2.67. The lowest BCUT2D eigenvalue weighted by Crippen LogP contribution is -2.57. The summed E-state index contributed by atoms with van der Waals surface area (Å²) in [6, 6.07) is 8.35. The molecular weight excluding hydrogens is 387 g/mol. The quantitative estimate of drug-likeness (QED) is 0.700. The van der Waals surface area contributed by atoms with Crippen molar-refractivity contribution in [2.45, 2.75) is 6.04 Å². The molecule has 0 spiro atoms. The van der Waals surface area contributed by atoms with E-state index in [2.05, 4.69) is 25.6 Å². The van der Waals surface area contributed by atoms with Crippen LogP contribution in [0.3, 0.4) is 0 Å². The molecule has 7 nitrogen and oxygen atoms in total. The first-order valence-electron chi connectivity index (χ1n) is 8.42. The number of hydrogen-bond acceptors (Lipinski definition) is 6. The molecule has 1 amide bonds. The first kappa shape index (κ1) is 17.9. The summed E-state index contributed by atoms with van der Waals surface area (Å²) in [5.74, 6) is 0.467. The van der Waals surface area contributed by atoms with Crippen LogP contribution in [0.25, 0.3) is 11.0 Å². The second-order valence-corrected chi connectivity index (χ2v) is 7.00. The number of anilines is 2. The van der Waals surface area contributed by atoms with Crippen molar-refractivity contribution in [1.29, 1.82) is 0 Å². The smallest absolute Gasteiger partial charge is 0.248 e. The van der Waals surface area contributed by atoms with Gasteiger partial charge in [-0.2, -0.15) is 0 Å². The van der Waals surface area contributed by atoms with Crippen LogP contribution in [0.2, 0.25) is 10.0 Å². The molecule has 3 heterocycles. The molecule has 0 bridgehead atoms. The molecule has 138 valence electrons. The van der Waals surface area contributed by atoms with Crippen LogP contribution in [0.4, 0.5) is 11.5 Å². The fourth-order valence-corrected chi connectivity index (χ4v) is 3.44. The molecule has 4 rings (SSSR count). The highest BCUT2D eigenvalue weighted by Gasteiger charge is 2.31. The van der Waals surface area contributed by atoms with Gasteiger partial charge in [-0.3, -0.25) is 4.79 Å². The molecule has 1 aliphatic rings. The Kier molecular flexibility index (Phi) is 5.07. The third-order valence-corrected chi connectivity index (χ3v) is 4.77. The van der Waals surface area contributed by atoms with Crippen LogP contribution in [0, 0.1) is 0 Å². The SMILES string of the molecule is O=C(Nc1cccc(Cl)c1)C1CNCCN1c1ncnc2cc(Cl)cnc12. The third kappa shape index (κ3) is 3.80. The van der Waals surface area contributed by atoms with Crippen molar-refractivity contribution in [1.82, 2.24) is 20.3 Å². The Labute approximate surface area is 165 Å². The van der Waals surface area contributed by atoms with Crippen molar-refractivity contribution in [2.75, 3.05) is 29.9 Å². The van der Waals surface area contributed by atoms with Gasteiger partial charge in [0.15, 0.2) is 5.82 Å². The summed E-state index contributed by atoms with van der Waals surface area (Å²) in [4.78, 5) is 27.9. The molecule has 3 aromatic rings. The Morgan fingerprint density at radius 3 is 2.93 bits per heavy atom. The number of piperazine rings is 1. The Hall–Kier alpha value is -2.48. The molecule has 2 N–H and O–H groups in total. The van der Waals surface area contributed by atoms with Crippen molar-refractivity contribution in [3.8, 4) is 0 Å². The van der Waals surface area contributed by atoms with Gasteiger partial charge in [0.2, 0.25) is 5.91 Å². The molecule has 0 saturated carbocycles. The van der Waals surface area contributed by atoms with Gasteiger partial charge in [0.25, 0.3) is 0 Å². The maximum atomic E-state index is 12.9. The van der Waals surface area contributed by atoms with E-state index in [4.69, 9.17) is 23.2 Å². The molecule has 0 radical (unpaired) electrons. The highest BCUT2D eigenvalue weighted by atomic mass is 35.5. The van der Waals surface area contributed by atoms with E-state index in [1.807, 2.05) is 4.90 Å². The van der Waals surface area contributed by atoms with Crippen LogP contribution in [0.1, 0.15) is 0 Å². The topological polar surface area (TPSA) is 83.0 Å². The zero-order chi connectivity index (χ0) is 18.8. The van der Waals surface area contributed by atoms with E-state index < -0.39 is 6.04 Å². The maximum Gasteiger partial charge on any atom is 0.248 e. The molecule has 0 aliphatic carbocycles. The molecule has 1 saturated heterocycles. The highest BCUT2D eigenvalue weighted by molar-refractivity contribution is 6.31. The van der Waals surface area contributed by atoms with E-state index in [1.54, 1.807) is 36.5 Å². The summed E-state index contributed by atoms with van der Waals surface area (Å²) in [6.07, 6.45) is 3.02. The molecule has 1 fully saturated rings. The number of carbonyl (C=O) groups excluding carboxylic acids is 1. The highest BCUT2D eigenvalue weighted by Crippen LogP contribution is 2.26. The number of aromatic nitrogens is 3. The normalized spacial score (nSPS) is 17.1. The summed E-state index contributed by atoms with van der Waals surface area (Å²) in [7, 11) is 0. The number of hydrogen-bond donors (Lipinski definition) is 2. The van der Waals surface area contributed by atoms with E-state index >= 15 is 0 Å². The Bertz CT molecular complexity index is 999. The first-order chi connectivity index (χ1) is 13.1. The predicted molar refractivity (Wildman–Crippen MR) is 106 cm³/mol. The molecule has 1 unspecified atom stereocenters. The zero-order valence-electron chi connectivity index (χ0n) is 14.2. The van der Waals surface area contributed by atoms with Gasteiger partial charge in [0.05, 0.1) is 10.5 Å². The number of carbonyl (C=O) groups is 1. The number of rotatable bonds is 3. The molecule has 9 heteroatoms. The van der Waals surface area contributed by atoms with Crippen LogP contribution in [0.5, 0.6) is 0 Å². The van der Waals surface area contributed by atoms with Crippen LogP contribution < -0.4 is 15.5 Å². The summed E-state index contributed by atoms with van der Waals surface area (Å²) in [6.45, 7) is 1.84. The van der Waals surface area contributed by atoms with Crippen molar-refractivity contribution in [2.24, 2.45) is 0 Å². The summed E-state index contributed by atoms with van der Waals surface area (Å²) in [5.41, 5.74) is 1.90. The van der Waals surface area contributed by atoms with Gasteiger partial charge in [-0.05, 0) is 24.3 Å². The summed E-state index contributed by atoms with van der Waals surface area (Å²) < 4.78 is 0. The minimum Gasteiger partial charge on any atom is -0.340 e. The zero-order valence-corrected chi connectivity index (χ0v) is 15.7. The third-order valence-electron chi connectivity index (χ3n) is 4.33. The molecular formula is C18H16Cl2N6O. The van der Waals surface area contributed by atoms with Gasteiger partial charge in [0.1, 0.15) is 17.9 Å². The van der Waals surface area contributed by atoms with Crippen LogP contribution in [0.15, 0.2) is 42.9 Å². The van der Waals surface area contributed by atoms with E-state index in [0.717, 1.165) is 6.54 Å². The minimum absolute atomic E-state index is 0.148. The fraction of sp³-hybridized carbons (Fsp3) is 0.222. The number of nitrogens with one attached hydrogen (secondary N) is 2. The van der Waals surface area contributed by atoms with Crippen LogP contribution >= 0.6 is 23.2 Å². The lowest BCUT2D eigenvalue weighted by Gasteiger charge is -2.36. The number of amides is 1. The molecule has 1 atom stereocenters. The van der Waals surface area contributed by atoms with Crippen LogP contribution in [-0.4, -0.2) is 46.5 Å².